The van der Waals surface area contributed by atoms with E-state index in [2.05, 4.69) is 9.97 Å². The second-order valence-corrected chi connectivity index (χ2v) is 8.46. The van der Waals surface area contributed by atoms with Crippen LogP contribution < -0.4 is 4.90 Å². The minimum absolute atomic E-state index is 0.00712. The number of halogens is 2. The van der Waals surface area contributed by atoms with Gasteiger partial charge in [0.25, 0.3) is 0 Å². The predicted molar refractivity (Wildman–Crippen MR) is 104 cm³/mol. The lowest BCUT2D eigenvalue weighted by atomic mass is 10.1. The van der Waals surface area contributed by atoms with E-state index in [4.69, 9.17) is 23.2 Å². The number of nitrogens with zero attached hydrogens (tertiary/aromatic N) is 3. The van der Waals surface area contributed by atoms with Gasteiger partial charge < -0.3 is 4.90 Å². The minimum Gasteiger partial charge on any atom is -0.347 e. The Morgan fingerprint density at radius 1 is 0.962 bits per heavy atom. The van der Waals surface area contributed by atoms with Crippen LogP contribution >= 0.6 is 23.2 Å². The minimum atomic E-state index is -3.80. The van der Waals surface area contributed by atoms with Crippen molar-refractivity contribution in [3.63, 3.8) is 0 Å². The van der Waals surface area contributed by atoms with Crippen LogP contribution in [0.1, 0.15) is 0 Å². The van der Waals surface area contributed by atoms with Crippen LogP contribution in [0.3, 0.4) is 0 Å². The summed E-state index contributed by atoms with van der Waals surface area (Å²) in [6.07, 6.45) is 1.32. The van der Waals surface area contributed by atoms with Gasteiger partial charge in [-0.05, 0) is 24.3 Å². The van der Waals surface area contributed by atoms with Crippen molar-refractivity contribution >= 4 is 39.0 Å². The van der Waals surface area contributed by atoms with Gasteiger partial charge in [0, 0.05) is 19.7 Å². The molecule has 8 heteroatoms. The van der Waals surface area contributed by atoms with Crippen LogP contribution in [-0.2, 0) is 9.84 Å². The summed E-state index contributed by atoms with van der Waals surface area (Å²) in [4.78, 5) is 10.5. The second-order valence-electron chi connectivity index (χ2n) is 5.72. The van der Waals surface area contributed by atoms with Gasteiger partial charge in [-0.1, -0.05) is 47.5 Å². The number of anilines is 1. The maximum atomic E-state index is 13.1. The fourth-order valence-corrected chi connectivity index (χ4v) is 4.03. The highest BCUT2D eigenvalue weighted by molar-refractivity contribution is 7.91. The van der Waals surface area contributed by atoms with Gasteiger partial charge in [0.2, 0.25) is 15.8 Å². The van der Waals surface area contributed by atoms with E-state index < -0.39 is 9.84 Å². The molecule has 0 saturated carbocycles. The molecule has 0 bridgehead atoms. The molecule has 0 aliphatic carbocycles. The Balaban J connectivity index is 2.27. The van der Waals surface area contributed by atoms with Crippen LogP contribution in [0.5, 0.6) is 0 Å². The SMILES string of the molecule is CN(C)c1ncc(S(=O)(=O)c2ccccc2)c(-c2ccc(Cl)c(Cl)c2)n1. The number of sulfone groups is 1. The number of rotatable bonds is 4. The normalized spacial score (nSPS) is 11.4. The van der Waals surface area contributed by atoms with E-state index in [1.807, 2.05) is 0 Å². The fraction of sp³-hybridized carbons (Fsp3) is 0.111. The molecular formula is C18H15Cl2N3O2S. The van der Waals surface area contributed by atoms with Crippen molar-refractivity contribution in [1.29, 1.82) is 0 Å². The van der Waals surface area contributed by atoms with Crippen LogP contribution in [0.25, 0.3) is 11.3 Å². The van der Waals surface area contributed by atoms with Gasteiger partial charge in [-0.2, -0.15) is 0 Å². The van der Waals surface area contributed by atoms with Crippen LogP contribution in [0.2, 0.25) is 10.0 Å². The molecule has 26 heavy (non-hydrogen) atoms. The summed E-state index contributed by atoms with van der Waals surface area (Å²) in [5, 5.41) is 0.696. The lowest BCUT2D eigenvalue weighted by Gasteiger charge is -2.15. The van der Waals surface area contributed by atoms with Crippen molar-refractivity contribution in [2.45, 2.75) is 9.79 Å². The standard InChI is InChI=1S/C18H15Cl2N3O2S/c1-23(2)18-21-11-16(26(24,25)13-6-4-3-5-7-13)17(22-18)12-8-9-14(19)15(20)10-12/h3-11H,1-2H3. The Morgan fingerprint density at radius 2 is 1.65 bits per heavy atom. The first-order valence-electron chi connectivity index (χ1n) is 7.60. The average molecular weight is 408 g/mol. The molecule has 0 N–H and O–H groups in total. The summed E-state index contributed by atoms with van der Waals surface area (Å²) in [6.45, 7) is 0. The molecule has 1 aromatic heterocycles. The van der Waals surface area contributed by atoms with Crippen molar-refractivity contribution in [3.8, 4) is 11.3 Å². The van der Waals surface area contributed by atoms with Gasteiger partial charge in [-0.25, -0.2) is 18.4 Å². The molecule has 1 heterocycles. The molecule has 2 aromatic carbocycles. The highest BCUT2D eigenvalue weighted by Gasteiger charge is 2.25. The quantitative estimate of drug-likeness (QED) is 0.642. The molecule has 0 aliphatic heterocycles. The lowest BCUT2D eigenvalue weighted by Crippen LogP contribution is -2.15. The molecule has 0 aliphatic rings. The summed E-state index contributed by atoms with van der Waals surface area (Å²) in [7, 11) is -0.249. The Labute approximate surface area is 162 Å². The Hall–Kier alpha value is -2.15. The van der Waals surface area contributed by atoms with Crippen molar-refractivity contribution in [2.75, 3.05) is 19.0 Å². The summed E-state index contributed by atoms with van der Waals surface area (Å²) in [6, 6.07) is 13.0. The molecule has 0 radical (unpaired) electrons. The highest BCUT2D eigenvalue weighted by Crippen LogP contribution is 2.33. The average Bonchev–Trinajstić information content (AvgIpc) is 2.64. The smallest absolute Gasteiger partial charge is 0.225 e. The van der Waals surface area contributed by atoms with E-state index in [-0.39, 0.29) is 15.5 Å². The summed E-state index contributed by atoms with van der Waals surface area (Å²) < 4.78 is 26.2. The zero-order chi connectivity index (χ0) is 18.9. The summed E-state index contributed by atoms with van der Waals surface area (Å²) >= 11 is 12.1. The third kappa shape index (κ3) is 3.53. The first kappa shape index (κ1) is 18.6. The molecule has 0 unspecified atom stereocenters. The predicted octanol–water partition coefficient (Wildman–Crippen LogP) is 4.35. The molecule has 0 atom stereocenters. The number of benzene rings is 2. The van der Waals surface area contributed by atoms with Crippen LogP contribution in [0.15, 0.2) is 64.5 Å². The van der Waals surface area contributed by atoms with Gasteiger partial charge in [0.1, 0.15) is 4.90 Å². The number of hydrogen-bond acceptors (Lipinski definition) is 5. The Morgan fingerprint density at radius 3 is 2.27 bits per heavy atom. The molecule has 0 spiro atoms. The third-order valence-electron chi connectivity index (χ3n) is 3.68. The van der Waals surface area contributed by atoms with Crippen LogP contribution in [0.4, 0.5) is 5.95 Å². The molecule has 3 aromatic rings. The lowest BCUT2D eigenvalue weighted by molar-refractivity contribution is 0.595. The maximum absolute atomic E-state index is 13.1. The topological polar surface area (TPSA) is 63.2 Å². The Kier molecular flexibility index (Phi) is 5.18. The molecule has 0 amide bonds. The van der Waals surface area contributed by atoms with Gasteiger partial charge in [0.05, 0.1) is 26.8 Å². The van der Waals surface area contributed by atoms with E-state index in [1.165, 1.54) is 18.3 Å². The van der Waals surface area contributed by atoms with Gasteiger partial charge in [-0.15, -0.1) is 0 Å². The maximum Gasteiger partial charge on any atom is 0.225 e. The fourth-order valence-electron chi connectivity index (χ4n) is 2.35. The number of aromatic nitrogens is 2. The highest BCUT2D eigenvalue weighted by atomic mass is 35.5. The molecule has 134 valence electrons. The third-order valence-corrected chi connectivity index (χ3v) is 6.19. The van der Waals surface area contributed by atoms with E-state index >= 15 is 0 Å². The van der Waals surface area contributed by atoms with E-state index in [9.17, 15) is 8.42 Å². The van der Waals surface area contributed by atoms with E-state index in [0.717, 1.165) is 0 Å². The first-order valence-corrected chi connectivity index (χ1v) is 9.84. The van der Waals surface area contributed by atoms with Gasteiger partial charge in [0.15, 0.2) is 0 Å². The zero-order valence-corrected chi connectivity index (χ0v) is 16.3. The molecule has 0 saturated heterocycles. The van der Waals surface area contributed by atoms with Crippen molar-refractivity contribution in [2.24, 2.45) is 0 Å². The molecule has 5 nitrogen and oxygen atoms in total. The molecule has 3 rings (SSSR count). The zero-order valence-electron chi connectivity index (χ0n) is 14.0. The second kappa shape index (κ2) is 7.23. The van der Waals surface area contributed by atoms with E-state index in [1.54, 1.807) is 55.4 Å². The van der Waals surface area contributed by atoms with Crippen molar-refractivity contribution in [3.05, 3.63) is 64.8 Å². The summed E-state index contributed by atoms with van der Waals surface area (Å²) in [5.74, 6) is 0.387. The summed E-state index contributed by atoms with van der Waals surface area (Å²) in [5.41, 5.74) is 0.811. The van der Waals surface area contributed by atoms with Gasteiger partial charge in [-0.3, -0.25) is 0 Å². The van der Waals surface area contributed by atoms with Crippen LogP contribution in [-0.4, -0.2) is 32.5 Å². The van der Waals surface area contributed by atoms with Crippen LogP contribution in [0, 0.1) is 0 Å². The van der Waals surface area contributed by atoms with E-state index in [0.29, 0.717) is 21.6 Å². The van der Waals surface area contributed by atoms with Crippen molar-refractivity contribution in [1.82, 2.24) is 9.97 Å². The number of hydrogen-bond donors (Lipinski definition) is 0. The van der Waals surface area contributed by atoms with Crippen molar-refractivity contribution < 1.29 is 8.42 Å². The molecule has 0 fully saturated rings. The van der Waals surface area contributed by atoms with Gasteiger partial charge >= 0.3 is 0 Å². The monoisotopic (exact) mass is 407 g/mol. The molecular weight excluding hydrogens is 393 g/mol. The Bertz CT molecular complexity index is 1060. The first-order chi connectivity index (χ1) is 12.3. The largest absolute Gasteiger partial charge is 0.347 e.